The Morgan fingerprint density at radius 2 is 2.15 bits per heavy atom. The van der Waals surface area contributed by atoms with Crippen LogP contribution in [0.2, 0.25) is 5.02 Å². The van der Waals surface area contributed by atoms with Gasteiger partial charge in [0.1, 0.15) is 11.3 Å². The van der Waals surface area contributed by atoms with Gasteiger partial charge < -0.3 is 10.1 Å². The van der Waals surface area contributed by atoms with Gasteiger partial charge in [-0.15, -0.1) is 6.42 Å². The highest BCUT2D eigenvalue weighted by molar-refractivity contribution is 9.10. The molecule has 1 aromatic carbocycles. The van der Waals surface area contributed by atoms with Crippen LogP contribution in [0.5, 0.6) is 5.75 Å². The summed E-state index contributed by atoms with van der Waals surface area (Å²) in [5.74, 6) is 2.85. The largest absolute Gasteiger partial charge is 0.482 e. The van der Waals surface area contributed by atoms with Crippen molar-refractivity contribution in [2.24, 2.45) is 0 Å². The van der Waals surface area contributed by atoms with E-state index in [4.69, 9.17) is 22.8 Å². The molecule has 0 aliphatic carbocycles. The van der Waals surface area contributed by atoms with Gasteiger partial charge in [-0.25, -0.2) is 0 Å². The smallest absolute Gasteiger partial charge is 0.259 e. The molecule has 1 aromatic rings. The summed E-state index contributed by atoms with van der Waals surface area (Å²) in [4.78, 5) is 11.9. The number of carbonyl (C=O) groups excluding carboxylic acids is 1. The van der Waals surface area contributed by atoms with Gasteiger partial charge in [0.05, 0.1) is 5.02 Å². The quantitative estimate of drug-likeness (QED) is 0.786. The number of rotatable bonds is 6. The summed E-state index contributed by atoms with van der Waals surface area (Å²) in [6, 6.07) is 5.20. The van der Waals surface area contributed by atoms with Crippen LogP contribution in [0.3, 0.4) is 0 Å². The van der Waals surface area contributed by atoms with Crippen molar-refractivity contribution in [3.05, 3.63) is 27.7 Å². The topological polar surface area (TPSA) is 38.3 Å². The molecule has 0 saturated carbocycles. The molecule has 1 rings (SSSR count). The number of nitrogens with one attached hydrogen (secondary N) is 1. The van der Waals surface area contributed by atoms with Crippen molar-refractivity contribution in [1.29, 1.82) is 0 Å². The van der Waals surface area contributed by atoms with Gasteiger partial charge in [0, 0.05) is 4.47 Å². The van der Waals surface area contributed by atoms with Crippen LogP contribution in [0.25, 0.3) is 0 Å². The van der Waals surface area contributed by atoms with Gasteiger partial charge in [-0.3, -0.25) is 4.79 Å². The Hall–Kier alpha value is -1.18. The fourth-order valence-corrected chi connectivity index (χ4v) is 2.43. The first-order valence-electron chi connectivity index (χ1n) is 6.33. The lowest BCUT2D eigenvalue weighted by Gasteiger charge is -2.27. The molecule has 0 spiro atoms. The van der Waals surface area contributed by atoms with Crippen molar-refractivity contribution < 1.29 is 9.53 Å². The molecule has 1 N–H and O–H groups in total. The molecule has 1 amide bonds. The average Bonchev–Trinajstić information content (AvgIpc) is 2.44. The van der Waals surface area contributed by atoms with E-state index in [1.807, 2.05) is 13.8 Å². The number of terminal acetylenes is 1. The van der Waals surface area contributed by atoms with E-state index in [1.165, 1.54) is 0 Å². The van der Waals surface area contributed by atoms with Crippen LogP contribution in [0.4, 0.5) is 0 Å². The minimum absolute atomic E-state index is 0.120. The summed E-state index contributed by atoms with van der Waals surface area (Å²) >= 11 is 9.31. The Kier molecular flexibility index (Phi) is 6.38. The number of benzene rings is 1. The lowest BCUT2D eigenvalue weighted by Crippen LogP contribution is -2.48. The molecule has 5 heteroatoms. The Morgan fingerprint density at radius 1 is 1.50 bits per heavy atom. The lowest BCUT2D eigenvalue weighted by atomic mass is 9.94. The zero-order chi connectivity index (χ0) is 15.2. The molecule has 0 bridgehead atoms. The van der Waals surface area contributed by atoms with Gasteiger partial charge in [0.15, 0.2) is 6.61 Å². The molecule has 20 heavy (non-hydrogen) atoms. The van der Waals surface area contributed by atoms with Crippen molar-refractivity contribution in [1.82, 2.24) is 5.32 Å². The van der Waals surface area contributed by atoms with Gasteiger partial charge >= 0.3 is 0 Å². The first-order chi connectivity index (χ1) is 9.46. The molecule has 0 aromatic heterocycles. The van der Waals surface area contributed by atoms with Crippen LogP contribution >= 0.6 is 27.5 Å². The SMILES string of the molecule is C#CC(CC)(CC)NC(=O)COc1ccc(Br)cc1Cl. The third-order valence-corrected chi connectivity index (χ3v) is 3.90. The second-order valence-electron chi connectivity index (χ2n) is 4.35. The van der Waals surface area contributed by atoms with Crippen LogP contribution in [0, 0.1) is 12.3 Å². The molecule has 0 aliphatic heterocycles. The first-order valence-corrected chi connectivity index (χ1v) is 7.50. The molecular weight excluding hydrogens is 342 g/mol. The van der Waals surface area contributed by atoms with E-state index in [-0.39, 0.29) is 12.5 Å². The third-order valence-electron chi connectivity index (χ3n) is 3.11. The predicted molar refractivity (Wildman–Crippen MR) is 84.9 cm³/mol. The predicted octanol–water partition coefficient (Wildman–Crippen LogP) is 3.79. The Labute approximate surface area is 133 Å². The summed E-state index contributed by atoms with van der Waals surface area (Å²) in [6.45, 7) is 3.76. The van der Waals surface area contributed by atoms with Crippen molar-refractivity contribution in [2.75, 3.05) is 6.61 Å². The van der Waals surface area contributed by atoms with Crippen LogP contribution in [0.1, 0.15) is 26.7 Å². The Bertz CT molecular complexity index is 521. The van der Waals surface area contributed by atoms with Gasteiger partial charge in [0.25, 0.3) is 5.91 Å². The third kappa shape index (κ3) is 4.43. The summed E-state index contributed by atoms with van der Waals surface area (Å²) < 4.78 is 6.25. The maximum atomic E-state index is 11.9. The molecule has 0 radical (unpaired) electrons. The van der Waals surface area contributed by atoms with Gasteiger partial charge in [-0.1, -0.05) is 47.3 Å². The van der Waals surface area contributed by atoms with Crippen LogP contribution in [-0.4, -0.2) is 18.1 Å². The second kappa shape index (κ2) is 7.56. The van der Waals surface area contributed by atoms with E-state index in [0.717, 1.165) is 4.47 Å². The molecule has 0 aliphatic rings. The zero-order valence-electron chi connectivity index (χ0n) is 11.5. The normalized spacial score (nSPS) is 10.8. The highest BCUT2D eigenvalue weighted by Crippen LogP contribution is 2.27. The molecule has 0 heterocycles. The van der Waals surface area contributed by atoms with Crippen LogP contribution in [0.15, 0.2) is 22.7 Å². The second-order valence-corrected chi connectivity index (χ2v) is 5.67. The molecule has 0 atom stereocenters. The van der Waals surface area contributed by atoms with Crippen molar-refractivity contribution in [3.63, 3.8) is 0 Å². The molecular formula is C15H17BrClNO2. The van der Waals surface area contributed by atoms with Gasteiger partial charge in [-0.05, 0) is 31.0 Å². The van der Waals surface area contributed by atoms with Crippen molar-refractivity contribution in [2.45, 2.75) is 32.2 Å². The maximum Gasteiger partial charge on any atom is 0.259 e. The highest BCUT2D eigenvalue weighted by Gasteiger charge is 2.25. The van der Waals surface area contributed by atoms with E-state index < -0.39 is 5.54 Å². The summed E-state index contributed by atoms with van der Waals surface area (Å²) in [5, 5.41) is 3.27. The molecule has 0 fully saturated rings. The van der Waals surface area contributed by atoms with Gasteiger partial charge in [0.2, 0.25) is 0 Å². The van der Waals surface area contributed by atoms with Crippen LogP contribution in [-0.2, 0) is 4.79 Å². The lowest BCUT2D eigenvalue weighted by molar-refractivity contribution is -0.124. The standard InChI is InChI=1S/C15H17BrClNO2/c1-4-15(5-2,6-3)18-14(19)10-20-13-8-7-11(16)9-12(13)17/h1,7-9H,5-6,10H2,2-3H3,(H,18,19). The molecule has 0 saturated heterocycles. The number of ether oxygens (including phenoxy) is 1. The van der Waals surface area contributed by atoms with E-state index in [0.29, 0.717) is 23.6 Å². The summed E-state index contributed by atoms with van der Waals surface area (Å²) in [7, 11) is 0. The number of amides is 1. The summed E-state index contributed by atoms with van der Waals surface area (Å²) in [6.07, 6.45) is 6.84. The number of halogens is 2. The van der Waals surface area contributed by atoms with Crippen molar-refractivity contribution in [3.8, 4) is 18.1 Å². The van der Waals surface area contributed by atoms with Crippen molar-refractivity contribution >= 4 is 33.4 Å². The minimum atomic E-state index is -0.607. The molecule has 0 unspecified atom stereocenters. The molecule has 108 valence electrons. The van der Waals surface area contributed by atoms with E-state index in [2.05, 4.69) is 27.2 Å². The Morgan fingerprint density at radius 3 is 2.65 bits per heavy atom. The fourth-order valence-electron chi connectivity index (χ4n) is 1.71. The highest BCUT2D eigenvalue weighted by atomic mass is 79.9. The number of carbonyl (C=O) groups is 1. The minimum Gasteiger partial charge on any atom is -0.482 e. The number of hydrogen-bond donors (Lipinski definition) is 1. The zero-order valence-corrected chi connectivity index (χ0v) is 13.8. The van der Waals surface area contributed by atoms with Gasteiger partial charge in [-0.2, -0.15) is 0 Å². The Balaban J connectivity index is 2.62. The fraction of sp³-hybridized carbons (Fsp3) is 0.400. The monoisotopic (exact) mass is 357 g/mol. The van der Waals surface area contributed by atoms with E-state index >= 15 is 0 Å². The maximum absolute atomic E-state index is 11.9. The van der Waals surface area contributed by atoms with E-state index in [1.54, 1.807) is 18.2 Å². The first kappa shape index (κ1) is 16.9. The molecule has 3 nitrogen and oxygen atoms in total. The average molecular weight is 359 g/mol. The number of hydrogen-bond acceptors (Lipinski definition) is 2. The van der Waals surface area contributed by atoms with E-state index in [9.17, 15) is 4.79 Å². The van der Waals surface area contributed by atoms with Crippen LogP contribution < -0.4 is 10.1 Å². The summed E-state index contributed by atoms with van der Waals surface area (Å²) in [5.41, 5.74) is -0.607.